The second-order valence-electron chi connectivity index (χ2n) is 4.80. The highest BCUT2D eigenvalue weighted by molar-refractivity contribution is 9.12. The van der Waals surface area contributed by atoms with Crippen molar-refractivity contribution in [3.63, 3.8) is 0 Å². The molecular formula is C16H8Br6N2O2. The van der Waals surface area contributed by atoms with Gasteiger partial charge in [0.2, 0.25) is 11.8 Å². The van der Waals surface area contributed by atoms with Crippen LogP contribution in [0.1, 0.15) is 0 Å². The van der Waals surface area contributed by atoms with Crippen LogP contribution in [0.15, 0.2) is 63.3 Å². The Hall–Kier alpha value is 0.000000000000000222. The first kappa shape index (κ1) is 22.3. The minimum absolute atomic E-state index is 0.433. The summed E-state index contributed by atoms with van der Waals surface area (Å²) in [5, 5.41) is 5.42. The van der Waals surface area contributed by atoms with Crippen molar-refractivity contribution in [3.05, 3.63) is 63.3 Å². The van der Waals surface area contributed by atoms with Gasteiger partial charge in [-0.3, -0.25) is 9.59 Å². The van der Waals surface area contributed by atoms with Gasteiger partial charge in [-0.2, -0.15) is 0 Å². The zero-order valence-corrected chi connectivity index (χ0v) is 22.1. The molecule has 0 fully saturated rings. The Bertz CT molecular complexity index is 794. The van der Waals surface area contributed by atoms with E-state index in [0.717, 1.165) is 21.1 Å². The minimum Gasteiger partial charge on any atom is -0.321 e. The molecule has 0 saturated heterocycles. The molecule has 0 bridgehead atoms. The van der Waals surface area contributed by atoms with Gasteiger partial charge in [0.15, 0.2) is 0 Å². The lowest BCUT2D eigenvalue weighted by Gasteiger charge is -2.09. The molecule has 0 aliphatic carbocycles. The van der Waals surface area contributed by atoms with E-state index in [4.69, 9.17) is 0 Å². The van der Waals surface area contributed by atoms with Gasteiger partial charge in [-0.1, -0.05) is 31.9 Å². The third-order valence-electron chi connectivity index (χ3n) is 2.90. The Morgan fingerprint density at radius 2 is 0.885 bits per heavy atom. The fourth-order valence-electron chi connectivity index (χ4n) is 1.80. The lowest BCUT2D eigenvalue weighted by atomic mass is 10.3. The SMILES string of the molecule is O=C(C=CC(=O)Nc1c(Br)cc(Br)cc1Br)Nc1c(Br)cc(Br)cc1Br. The Labute approximate surface area is 200 Å². The van der Waals surface area contributed by atoms with Crippen LogP contribution in [0.2, 0.25) is 0 Å². The lowest BCUT2D eigenvalue weighted by molar-refractivity contribution is -0.114. The topological polar surface area (TPSA) is 58.2 Å². The maximum atomic E-state index is 12.1. The molecule has 10 heteroatoms. The molecule has 26 heavy (non-hydrogen) atoms. The van der Waals surface area contributed by atoms with Crippen LogP contribution in [-0.4, -0.2) is 11.8 Å². The standard InChI is InChI=1S/C16H8Br6N2O2/c17-7-3-9(19)15(10(20)4-7)23-13(25)1-2-14(26)24-16-11(21)5-8(18)6-12(16)22/h1-6H,(H,23,25)(H,24,26). The smallest absolute Gasteiger partial charge is 0.248 e. The zero-order valence-electron chi connectivity index (χ0n) is 12.5. The molecule has 0 heterocycles. The molecule has 0 atom stereocenters. The molecule has 0 radical (unpaired) electrons. The second kappa shape index (κ2) is 9.97. The quantitative estimate of drug-likeness (QED) is 0.322. The molecule has 0 aromatic heterocycles. The molecule has 2 rings (SSSR count). The highest BCUT2D eigenvalue weighted by Crippen LogP contribution is 2.35. The number of carbonyl (C=O) groups excluding carboxylic acids is 2. The van der Waals surface area contributed by atoms with E-state index in [1.165, 1.54) is 0 Å². The van der Waals surface area contributed by atoms with Crippen molar-refractivity contribution >= 4 is 119 Å². The first-order valence-electron chi connectivity index (χ1n) is 6.76. The van der Waals surface area contributed by atoms with Crippen LogP contribution < -0.4 is 10.6 Å². The third-order valence-corrected chi connectivity index (χ3v) is 6.31. The summed E-state index contributed by atoms with van der Waals surface area (Å²) >= 11 is 20.2. The summed E-state index contributed by atoms with van der Waals surface area (Å²) in [5.41, 5.74) is 1.14. The largest absolute Gasteiger partial charge is 0.321 e. The van der Waals surface area contributed by atoms with Crippen LogP contribution >= 0.6 is 95.6 Å². The molecule has 2 aromatic carbocycles. The lowest BCUT2D eigenvalue weighted by Crippen LogP contribution is -2.13. The van der Waals surface area contributed by atoms with Crippen LogP contribution in [0.3, 0.4) is 0 Å². The van der Waals surface area contributed by atoms with Gasteiger partial charge in [0.25, 0.3) is 0 Å². The third kappa shape index (κ3) is 6.27. The van der Waals surface area contributed by atoms with E-state index in [1.807, 2.05) is 0 Å². The summed E-state index contributed by atoms with van der Waals surface area (Å²) in [6.45, 7) is 0. The first-order valence-corrected chi connectivity index (χ1v) is 11.5. The average molecular weight is 740 g/mol. The normalized spacial score (nSPS) is 10.8. The summed E-state index contributed by atoms with van der Waals surface area (Å²) < 4.78 is 4.52. The molecular weight excluding hydrogens is 732 g/mol. The van der Waals surface area contributed by atoms with Crippen molar-refractivity contribution < 1.29 is 9.59 Å². The summed E-state index contributed by atoms with van der Waals surface area (Å²) in [6, 6.07) is 7.22. The Morgan fingerprint density at radius 3 is 1.15 bits per heavy atom. The van der Waals surface area contributed by atoms with Gasteiger partial charge in [0.1, 0.15) is 0 Å². The van der Waals surface area contributed by atoms with E-state index < -0.39 is 11.8 Å². The predicted molar refractivity (Wildman–Crippen MR) is 125 cm³/mol. The van der Waals surface area contributed by atoms with Gasteiger partial charge in [-0.05, 0) is 88.0 Å². The van der Waals surface area contributed by atoms with Gasteiger partial charge < -0.3 is 10.6 Å². The van der Waals surface area contributed by atoms with Gasteiger partial charge in [-0.25, -0.2) is 0 Å². The number of amides is 2. The molecule has 2 amide bonds. The van der Waals surface area contributed by atoms with Crippen molar-refractivity contribution in [2.24, 2.45) is 0 Å². The highest BCUT2D eigenvalue weighted by atomic mass is 79.9. The molecule has 2 N–H and O–H groups in total. The molecule has 0 unspecified atom stereocenters. The molecule has 0 aliphatic heterocycles. The van der Waals surface area contributed by atoms with Gasteiger partial charge in [0, 0.05) is 39.0 Å². The number of rotatable bonds is 4. The molecule has 0 spiro atoms. The highest BCUT2D eigenvalue weighted by Gasteiger charge is 2.11. The number of anilines is 2. The summed E-state index contributed by atoms with van der Waals surface area (Å²) in [6.07, 6.45) is 2.33. The Morgan fingerprint density at radius 1 is 0.615 bits per heavy atom. The monoisotopic (exact) mass is 734 g/mol. The first-order chi connectivity index (χ1) is 12.2. The molecule has 136 valence electrons. The number of halogens is 6. The van der Waals surface area contributed by atoms with Crippen molar-refractivity contribution in [2.45, 2.75) is 0 Å². The maximum absolute atomic E-state index is 12.1. The van der Waals surface area contributed by atoms with Crippen LogP contribution in [0.4, 0.5) is 11.4 Å². The number of benzene rings is 2. The van der Waals surface area contributed by atoms with Crippen LogP contribution in [0.25, 0.3) is 0 Å². The van der Waals surface area contributed by atoms with Crippen LogP contribution in [-0.2, 0) is 9.59 Å². The van der Waals surface area contributed by atoms with Crippen LogP contribution in [0, 0.1) is 0 Å². The predicted octanol–water partition coefficient (Wildman–Crippen LogP) is 7.40. The average Bonchev–Trinajstić information content (AvgIpc) is 2.52. The summed E-state index contributed by atoms with van der Waals surface area (Å²) in [5.74, 6) is -0.865. The van der Waals surface area contributed by atoms with Gasteiger partial charge in [-0.15, -0.1) is 0 Å². The van der Waals surface area contributed by atoms with E-state index in [1.54, 1.807) is 24.3 Å². The summed E-state index contributed by atoms with van der Waals surface area (Å²) in [4.78, 5) is 24.2. The Balaban J connectivity index is 2.06. The minimum atomic E-state index is -0.433. The number of carbonyl (C=O) groups is 2. The van der Waals surface area contributed by atoms with Crippen LogP contribution in [0.5, 0.6) is 0 Å². The van der Waals surface area contributed by atoms with E-state index in [2.05, 4.69) is 106 Å². The molecule has 0 saturated carbocycles. The van der Waals surface area contributed by atoms with Crippen molar-refractivity contribution in [1.82, 2.24) is 0 Å². The Kier molecular flexibility index (Phi) is 8.55. The number of hydrogen-bond acceptors (Lipinski definition) is 2. The van der Waals surface area contributed by atoms with Crippen molar-refractivity contribution in [3.8, 4) is 0 Å². The van der Waals surface area contributed by atoms with Crippen molar-refractivity contribution in [1.29, 1.82) is 0 Å². The summed E-state index contributed by atoms with van der Waals surface area (Å²) in [7, 11) is 0. The van der Waals surface area contributed by atoms with E-state index in [9.17, 15) is 9.59 Å². The van der Waals surface area contributed by atoms with E-state index >= 15 is 0 Å². The number of hydrogen-bond donors (Lipinski definition) is 2. The number of nitrogens with one attached hydrogen (secondary N) is 2. The van der Waals surface area contributed by atoms with Crippen molar-refractivity contribution in [2.75, 3.05) is 10.6 Å². The van der Waals surface area contributed by atoms with Gasteiger partial charge in [0.05, 0.1) is 11.4 Å². The molecule has 0 aliphatic rings. The van der Waals surface area contributed by atoms with E-state index in [0.29, 0.717) is 29.3 Å². The van der Waals surface area contributed by atoms with Gasteiger partial charge >= 0.3 is 0 Å². The fourth-order valence-corrected chi connectivity index (χ4v) is 6.72. The molecule has 2 aromatic rings. The maximum Gasteiger partial charge on any atom is 0.248 e. The fraction of sp³-hybridized carbons (Fsp3) is 0. The second-order valence-corrected chi connectivity index (χ2v) is 10.0. The molecule has 4 nitrogen and oxygen atoms in total. The zero-order chi connectivity index (χ0) is 19.4. The van der Waals surface area contributed by atoms with E-state index in [-0.39, 0.29) is 0 Å².